The quantitative estimate of drug-likeness (QED) is 0.883. The number of thioether (sulfide) groups is 1. The van der Waals surface area contributed by atoms with Crippen molar-refractivity contribution in [3.05, 3.63) is 26.6 Å². The maximum absolute atomic E-state index is 12.4. The van der Waals surface area contributed by atoms with Crippen LogP contribution in [0.4, 0.5) is 0 Å². The second kappa shape index (κ2) is 4.51. The van der Waals surface area contributed by atoms with E-state index in [1.165, 1.54) is 30.6 Å². The van der Waals surface area contributed by atoms with Crippen LogP contribution in [0.15, 0.2) is 16.2 Å². The summed E-state index contributed by atoms with van der Waals surface area (Å²) < 4.78 is 3.28. The van der Waals surface area contributed by atoms with E-state index in [4.69, 9.17) is 12.2 Å². The first-order valence-corrected chi connectivity index (χ1v) is 8.42. The summed E-state index contributed by atoms with van der Waals surface area (Å²) in [5.74, 6) is 0. The van der Waals surface area contributed by atoms with Gasteiger partial charge in [0.25, 0.3) is 5.56 Å². The number of fused-ring (bicyclic) bond motifs is 1. The highest BCUT2D eigenvalue weighted by Crippen LogP contribution is 2.43. The van der Waals surface area contributed by atoms with Crippen LogP contribution in [0.1, 0.15) is 19.3 Å². The number of aromatic nitrogens is 2. The van der Waals surface area contributed by atoms with Crippen molar-refractivity contribution in [2.75, 3.05) is 6.26 Å². The summed E-state index contributed by atoms with van der Waals surface area (Å²) in [5.41, 5.74) is 0.919. The fourth-order valence-corrected chi connectivity index (χ4v) is 4.41. The molecule has 0 spiro atoms. The maximum atomic E-state index is 12.4. The van der Waals surface area contributed by atoms with Crippen LogP contribution in [0.5, 0.6) is 0 Å². The van der Waals surface area contributed by atoms with Crippen molar-refractivity contribution in [3.63, 3.8) is 0 Å². The number of nitrogens with one attached hydrogen (secondary N) is 1. The van der Waals surface area contributed by atoms with E-state index in [0.717, 1.165) is 16.8 Å². The summed E-state index contributed by atoms with van der Waals surface area (Å²) >= 11 is 8.66. The Balaban J connectivity index is 2.11. The Bertz CT molecular complexity index is 688. The molecule has 1 aliphatic rings. The Morgan fingerprint density at radius 1 is 1.61 bits per heavy atom. The molecule has 6 heteroatoms. The van der Waals surface area contributed by atoms with E-state index < -0.39 is 0 Å². The van der Waals surface area contributed by atoms with Crippen molar-refractivity contribution in [2.45, 2.75) is 30.6 Å². The highest BCUT2D eigenvalue weighted by atomic mass is 32.2. The summed E-state index contributed by atoms with van der Waals surface area (Å²) in [5, 5.41) is 1.93. The van der Waals surface area contributed by atoms with Gasteiger partial charge in [0.2, 0.25) is 0 Å². The third kappa shape index (κ3) is 1.87. The Kier molecular flexibility index (Phi) is 3.11. The molecule has 0 atom stereocenters. The molecule has 3 rings (SSSR count). The van der Waals surface area contributed by atoms with Gasteiger partial charge in [0.15, 0.2) is 4.77 Å². The van der Waals surface area contributed by atoms with Gasteiger partial charge >= 0.3 is 0 Å². The van der Waals surface area contributed by atoms with Crippen LogP contribution in [0.2, 0.25) is 0 Å². The smallest absolute Gasteiger partial charge is 0.272 e. The molecular formula is C12H14N2OS3. The van der Waals surface area contributed by atoms with E-state index in [0.29, 0.717) is 4.77 Å². The summed E-state index contributed by atoms with van der Waals surface area (Å²) in [6, 6.07) is 1.91. The molecule has 0 saturated heterocycles. The number of H-pyrrole nitrogens is 1. The van der Waals surface area contributed by atoms with Crippen molar-refractivity contribution in [1.82, 2.24) is 9.55 Å². The molecule has 0 radical (unpaired) electrons. The van der Waals surface area contributed by atoms with Crippen LogP contribution in [0.3, 0.4) is 0 Å². The zero-order chi connectivity index (χ0) is 12.8. The molecule has 1 aliphatic carbocycles. The van der Waals surface area contributed by atoms with Gasteiger partial charge in [-0.3, -0.25) is 9.36 Å². The number of nitrogens with zero attached hydrogens (tertiary/aromatic N) is 1. The predicted molar refractivity (Wildman–Crippen MR) is 81.4 cm³/mol. The van der Waals surface area contributed by atoms with Gasteiger partial charge < -0.3 is 4.98 Å². The van der Waals surface area contributed by atoms with Crippen LogP contribution in [0, 0.1) is 4.77 Å². The third-order valence-electron chi connectivity index (χ3n) is 3.74. The molecule has 0 unspecified atom stereocenters. The monoisotopic (exact) mass is 298 g/mol. The summed E-state index contributed by atoms with van der Waals surface area (Å²) in [6.45, 7) is 0.732. The molecule has 2 heterocycles. The maximum Gasteiger partial charge on any atom is 0.272 e. The van der Waals surface area contributed by atoms with E-state index in [1.807, 2.05) is 23.2 Å². The molecule has 1 fully saturated rings. The molecule has 0 bridgehead atoms. The first kappa shape index (κ1) is 12.4. The van der Waals surface area contributed by atoms with Crippen LogP contribution in [-0.2, 0) is 6.54 Å². The zero-order valence-corrected chi connectivity index (χ0v) is 12.5. The fraction of sp³-hybridized carbons (Fsp3) is 0.500. The van der Waals surface area contributed by atoms with Crippen LogP contribution in [-0.4, -0.2) is 20.6 Å². The summed E-state index contributed by atoms with van der Waals surface area (Å²) in [6.07, 6.45) is 5.74. The number of thiophene rings is 1. The molecule has 2 aromatic rings. The lowest BCUT2D eigenvalue weighted by Crippen LogP contribution is -2.41. The second-order valence-corrected chi connectivity index (χ2v) is 7.30. The third-order valence-corrected chi connectivity index (χ3v) is 6.36. The van der Waals surface area contributed by atoms with E-state index in [2.05, 4.69) is 11.2 Å². The van der Waals surface area contributed by atoms with Crippen molar-refractivity contribution in [3.8, 4) is 0 Å². The lowest BCUT2D eigenvalue weighted by Gasteiger charge is -2.40. The number of rotatable bonds is 3. The molecule has 2 aromatic heterocycles. The van der Waals surface area contributed by atoms with Gasteiger partial charge in [-0.15, -0.1) is 11.3 Å². The highest BCUT2D eigenvalue weighted by Gasteiger charge is 2.37. The molecule has 0 aliphatic heterocycles. The molecule has 18 heavy (non-hydrogen) atoms. The molecular weight excluding hydrogens is 284 g/mol. The Morgan fingerprint density at radius 2 is 2.39 bits per heavy atom. The summed E-state index contributed by atoms with van der Waals surface area (Å²) in [4.78, 5) is 15.6. The SMILES string of the molecule is CSC1(Cn2c(=S)[nH]c3ccsc3c2=O)CCC1. The zero-order valence-electron chi connectivity index (χ0n) is 10.1. The van der Waals surface area contributed by atoms with Crippen LogP contribution >= 0.6 is 35.3 Å². The second-order valence-electron chi connectivity index (χ2n) is 4.73. The van der Waals surface area contributed by atoms with Crippen molar-refractivity contribution in [1.29, 1.82) is 0 Å². The van der Waals surface area contributed by atoms with Crippen molar-refractivity contribution < 1.29 is 0 Å². The standard InChI is InChI=1S/C12H14N2OS3/c1-17-12(4-2-5-12)7-14-10(15)9-8(3-6-18-9)13-11(14)16/h3,6H,2,4-5,7H2,1H3,(H,13,16). The molecule has 1 N–H and O–H groups in total. The lowest BCUT2D eigenvalue weighted by molar-refractivity contribution is 0.316. The Morgan fingerprint density at radius 3 is 3.00 bits per heavy atom. The molecule has 96 valence electrons. The number of hydrogen-bond donors (Lipinski definition) is 1. The topological polar surface area (TPSA) is 37.8 Å². The average molecular weight is 298 g/mol. The van der Waals surface area contributed by atoms with Gasteiger partial charge in [-0.25, -0.2) is 0 Å². The van der Waals surface area contributed by atoms with Crippen molar-refractivity contribution in [2.24, 2.45) is 0 Å². The lowest BCUT2D eigenvalue weighted by atomic mass is 9.84. The van der Waals surface area contributed by atoms with Gasteiger partial charge in [-0.2, -0.15) is 11.8 Å². The Hall–Kier alpha value is -0.590. The fourth-order valence-electron chi connectivity index (χ4n) is 2.40. The van der Waals surface area contributed by atoms with E-state index in [-0.39, 0.29) is 10.3 Å². The van der Waals surface area contributed by atoms with Gasteiger partial charge in [0, 0.05) is 11.3 Å². The average Bonchev–Trinajstić information content (AvgIpc) is 2.75. The summed E-state index contributed by atoms with van der Waals surface area (Å²) in [7, 11) is 0. The minimum absolute atomic E-state index is 0.0593. The minimum atomic E-state index is 0.0593. The number of aromatic amines is 1. The van der Waals surface area contributed by atoms with E-state index in [1.54, 1.807) is 4.57 Å². The molecule has 0 amide bonds. The molecule has 1 saturated carbocycles. The van der Waals surface area contributed by atoms with Gasteiger partial charge in [-0.1, -0.05) is 6.42 Å². The van der Waals surface area contributed by atoms with Crippen molar-refractivity contribution >= 4 is 45.5 Å². The first-order chi connectivity index (χ1) is 8.65. The normalized spacial score (nSPS) is 17.8. The van der Waals surface area contributed by atoms with Gasteiger partial charge in [0.05, 0.1) is 5.52 Å². The van der Waals surface area contributed by atoms with Gasteiger partial charge in [-0.05, 0) is 42.8 Å². The highest BCUT2D eigenvalue weighted by molar-refractivity contribution is 8.00. The van der Waals surface area contributed by atoms with Crippen LogP contribution in [0.25, 0.3) is 10.2 Å². The van der Waals surface area contributed by atoms with Crippen LogP contribution < -0.4 is 5.56 Å². The van der Waals surface area contributed by atoms with E-state index >= 15 is 0 Å². The first-order valence-electron chi connectivity index (χ1n) is 5.91. The molecule has 3 nitrogen and oxygen atoms in total. The van der Waals surface area contributed by atoms with Gasteiger partial charge in [0.1, 0.15) is 4.70 Å². The Labute approximate surface area is 118 Å². The number of hydrogen-bond acceptors (Lipinski definition) is 4. The van der Waals surface area contributed by atoms with E-state index in [9.17, 15) is 4.79 Å². The minimum Gasteiger partial charge on any atom is -0.331 e. The largest absolute Gasteiger partial charge is 0.331 e. The molecule has 0 aromatic carbocycles. The predicted octanol–water partition coefficient (Wildman–Crippen LogP) is 3.41.